The number of pyridine rings is 2. The van der Waals surface area contributed by atoms with Crippen molar-refractivity contribution in [2.75, 3.05) is 5.32 Å². The fourth-order valence-electron chi connectivity index (χ4n) is 3.46. The fourth-order valence-corrected chi connectivity index (χ4v) is 3.46. The third kappa shape index (κ3) is 4.80. The van der Waals surface area contributed by atoms with Crippen molar-refractivity contribution in [3.8, 4) is 28.3 Å². The van der Waals surface area contributed by atoms with Crippen molar-refractivity contribution in [1.29, 1.82) is 0 Å². The van der Waals surface area contributed by atoms with Gasteiger partial charge in [-0.1, -0.05) is 18.2 Å². The first kappa shape index (κ1) is 22.8. The molecule has 1 aromatic carbocycles. The van der Waals surface area contributed by atoms with E-state index in [9.17, 15) is 18.0 Å². The van der Waals surface area contributed by atoms with E-state index in [2.05, 4.69) is 30.6 Å². The minimum absolute atomic E-state index is 0.0696. The van der Waals surface area contributed by atoms with Crippen LogP contribution in [0, 0.1) is 0 Å². The Hall–Kier alpha value is -4.93. The Labute approximate surface area is 202 Å². The highest BCUT2D eigenvalue weighted by Gasteiger charge is 2.37. The lowest BCUT2D eigenvalue weighted by molar-refractivity contribution is -0.142. The molecule has 178 valence electrons. The summed E-state index contributed by atoms with van der Waals surface area (Å²) in [5.74, 6) is -0.545. The van der Waals surface area contributed by atoms with Gasteiger partial charge in [0.15, 0.2) is 17.3 Å². The molecule has 4 heterocycles. The smallest absolute Gasteiger partial charge is 0.305 e. The first-order chi connectivity index (χ1) is 17.4. The van der Waals surface area contributed by atoms with Crippen molar-refractivity contribution < 1.29 is 18.0 Å². The van der Waals surface area contributed by atoms with Crippen molar-refractivity contribution in [2.45, 2.75) is 6.18 Å². The predicted molar refractivity (Wildman–Crippen MR) is 125 cm³/mol. The van der Waals surface area contributed by atoms with Crippen molar-refractivity contribution >= 4 is 11.7 Å². The number of amides is 1. The van der Waals surface area contributed by atoms with E-state index in [1.165, 1.54) is 24.5 Å². The van der Waals surface area contributed by atoms with Gasteiger partial charge in [-0.15, -0.1) is 10.2 Å². The van der Waals surface area contributed by atoms with Gasteiger partial charge in [0.2, 0.25) is 0 Å². The van der Waals surface area contributed by atoms with Gasteiger partial charge in [0.1, 0.15) is 0 Å². The normalized spacial score (nSPS) is 11.3. The zero-order valence-corrected chi connectivity index (χ0v) is 18.4. The molecule has 5 aromatic rings. The maximum atomic E-state index is 13.7. The van der Waals surface area contributed by atoms with Crippen LogP contribution in [0.5, 0.6) is 0 Å². The van der Waals surface area contributed by atoms with Gasteiger partial charge in [0, 0.05) is 35.3 Å². The quantitative estimate of drug-likeness (QED) is 0.372. The van der Waals surface area contributed by atoms with Crippen LogP contribution in [-0.4, -0.2) is 35.9 Å². The molecule has 0 bridgehead atoms. The lowest BCUT2D eigenvalue weighted by Gasteiger charge is -2.10. The molecule has 5 rings (SSSR count). The van der Waals surface area contributed by atoms with E-state index >= 15 is 0 Å². The molecule has 8 nitrogen and oxygen atoms in total. The van der Waals surface area contributed by atoms with Crippen molar-refractivity contribution in [3.05, 3.63) is 103 Å². The molecule has 0 aliphatic carbocycles. The summed E-state index contributed by atoms with van der Waals surface area (Å²) in [5, 5.41) is 14.4. The molecular formula is C25H16F3N7O. The molecule has 36 heavy (non-hydrogen) atoms. The molecule has 1 amide bonds. The Morgan fingerprint density at radius 1 is 0.833 bits per heavy atom. The van der Waals surface area contributed by atoms with Crippen molar-refractivity contribution in [2.24, 2.45) is 0 Å². The number of aromatic nitrogens is 6. The molecule has 0 aliphatic heterocycles. The lowest BCUT2D eigenvalue weighted by Crippen LogP contribution is -2.16. The summed E-state index contributed by atoms with van der Waals surface area (Å²) in [6.07, 6.45) is -0.0954. The summed E-state index contributed by atoms with van der Waals surface area (Å²) in [6, 6.07) is 19.1. The molecule has 0 radical (unpaired) electrons. The van der Waals surface area contributed by atoms with Crippen LogP contribution >= 0.6 is 0 Å². The van der Waals surface area contributed by atoms with Gasteiger partial charge in [0.05, 0.1) is 11.4 Å². The number of anilines is 1. The molecule has 0 spiro atoms. The van der Waals surface area contributed by atoms with E-state index in [0.717, 1.165) is 11.6 Å². The summed E-state index contributed by atoms with van der Waals surface area (Å²) >= 11 is 0. The second-order valence-electron chi connectivity index (χ2n) is 7.59. The van der Waals surface area contributed by atoms with E-state index in [1.807, 2.05) is 18.2 Å². The third-order valence-corrected chi connectivity index (χ3v) is 5.15. The standard InChI is InChI=1S/C25H16F3N7O/c26-25(27,28)21-14-20(18-7-4-11-29-15-18)34-35(21)23-10-9-22(32-33-23)31-24(36)17-6-3-5-16(13-17)19-8-1-2-12-30-19/h1-15H,(H,31,32,36). The Balaban J connectivity index is 1.39. The zero-order chi connectivity index (χ0) is 25.1. The number of rotatable bonds is 5. The Morgan fingerprint density at radius 3 is 2.39 bits per heavy atom. The number of carbonyl (C=O) groups excluding carboxylic acids is 1. The van der Waals surface area contributed by atoms with Crippen LogP contribution in [0.15, 0.2) is 91.4 Å². The number of nitrogens with zero attached hydrogens (tertiary/aromatic N) is 6. The number of alkyl halides is 3. The molecule has 0 atom stereocenters. The van der Waals surface area contributed by atoms with Gasteiger partial charge in [-0.05, 0) is 54.6 Å². The van der Waals surface area contributed by atoms with E-state index in [0.29, 0.717) is 21.5 Å². The molecule has 11 heteroatoms. The maximum Gasteiger partial charge on any atom is 0.433 e. The average Bonchev–Trinajstić information content (AvgIpc) is 3.37. The van der Waals surface area contributed by atoms with Crippen LogP contribution in [0.1, 0.15) is 16.1 Å². The van der Waals surface area contributed by atoms with Crippen molar-refractivity contribution in [1.82, 2.24) is 29.9 Å². The Kier molecular flexibility index (Phi) is 5.95. The number of carbonyl (C=O) groups is 1. The van der Waals surface area contributed by atoms with Crippen LogP contribution in [-0.2, 0) is 6.18 Å². The molecule has 0 saturated heterocycles. The van der Waals surface area contributed by atoms with E-state index < -0.39 is 17.8 Å². The largest absolute Gasteiger partial charge is 0.433 e. The Bertz CT molecular complexity index is 1500. The second-order valence-corrected chi connectivity index (χ2v) is 7.59. The summed E-state index contributed by atoms with van der Waals surface area (Å²) in [4.78, 5) is 20.9. The highest BCUT2D eigenvalue weighted by Crippen LogP contribution is 2.33. The Morgan fingerprint density at radius 2 is 1.69 bits per heavy atom. The summed E-state index contributed by atoms with van der Waals surface area (Å²) < 4.78 is 41.7. The van der Waals surface area contributed by atoms with E-state index in [1.54, 1.807) is 42.6 Å². The van der Waals surface area contributed by atoms with Crippen LogP contribution in [0.2, 0.25) is 0 Å². The van der Waals surface area contributed by atoms with Crippen molar-refractivity contribution in [3.63, 3.8) is 0 Å². The lowest BCUT2D eigenvalue weighted by atomic mass is 10.1. The monoisotopic (exact) mass is 487 g/mol. The van der Waals surface area contributed by atoms with Gasteiger partial charge >= 0.3 is 6.18 Å². The highest BCUT2D eigenvalue weighted by molar-refractivity contribution is 6.04. The maximum absolute atomic E-state index is 13.7. The van der Waals surface area contributed by atoms with Gasteiger partial charge < -0.3 is 5.32 Å². The molecule has 4 aromatic heterocycles. The van der Waals surface area contributed by atoms with Gasteiger partial charge in [-0.2, -0.15) is 18.3 Å². The number of hydrogen-bond acceptors (Lipinski definition) is 6. The summed E-state index contributed by atoms with van der Waals surface area (Å²) in [5.41, 5.74) is 1.32. The van der Waals surface area contributed by atoms with Crippen LogP contribution < -0.4 is 5.32 Å². The first-order valence-corrected chi connectivity index (χ1v) is 10.6. The number of halogens is 3. The minimum atomic E-state index is -4.68. The minimum Gasteiger partial charge on any atom is -0.305 e. The second kappa shape index (κ2) is 9.37. The number of nitrogens with one attached hydrogen (secondary N) is 1. The molecule has 0 fully saturated rings. The van der Waals surface area contributed by atoms with Gasteiger partial charge in [0.25, 0.3) is 5.91 Å². The SMILES string of the molecule is O=C(Nc1ccc(-n2nc(-c3cccnc3)cc2C(F)(F)F)nn1)c1cccc(-c2ccccn2)c1. The van der Waals surface area contributed by atoms with Crippen LogP contribution in [0.25, 0.3) is 28.3 Å². The van der Waals surface area contributed by atoms with E-state index in [4.69, 9.17) is 0 Å². The summed E-state index contributed by atoms with van der Waals surface area (Å²) in [7, 11) is 0. The van der Waals surface area contributed by atoms with Gasteiger partial charge in [-0.25, -0.2) is 4.68 Å². The molecule has 0 aliphatic rings. The molecule has 1 N–H and O–H groups in total. The topological polar surface area (TPSA) is 98.5 Å². The van der Waals surface area contributed by atoms with Crippen LogP contribution in [0.3, 0.4) is 0 Å². The van der Waals surface area contributed by atoms with Gasteiger partial charge in [-0.3, -0.25) is 14.8 Å². The third-order valence-electron chi connectivity index (χ3n) is 5.15. The van der Waals surface area contributed by atoms with E-state index in [-0.39, 0.29) is 17.3 Å². The predicted octanol–water partition coefficient (Wildman–Crippen LogP) is 5.06. The summed E-state index contributed by atoms with van der Waals surface area (Å²) in [6.45, 7) is 0. The fraction of sp³-hybridized carbons (Fsp3) is 0.0400. The molecule has 0 saturated carbocycles. The number of benzene rings is 1. The highest BCUT2D eigenvalue weighted by atomic mass is 19.4. The first-order valence-electron chi connectivity index (χ1n) is 10.6. The zero-order valence-electron chi connectivity index (χ0n) is 18.4. The average molecular weight is 487 g/mol. The number of hydrogen-bond donors (Lipinski definition) is 1. The molecular weight excluding hydrogens is 471 g/mol. The molecule has 0 unspecified atom stereocenters. The van der Waals surface area contributed by atoms with Crippen LogP contribution in [0.4, 0.5) is 19.0 Å².